The van der Waals surface area contributed by atoms with Gasteiger partial charge in [-0.05, 0) is 25.7 Å². The van der Waals surface area contributed by atoms with Crippen LogP contribution in [-0.2, 0) is 4.79 Å². The Morgan fingerprint density at radius 2 is 2.06 bits per heavy atom. The summed E-state index contributed by atoms with van der Waals surface area (Å²) < 4.78 is 0. The van der Waals surface area contributed by atoms with Crippen molar-refractivity contribution < 1.29 is 4.79 Å². The molecule has 3 nitrogen and oxygen atoms in total. The molecule has 1 amide bonds. The Kier molecular flexibility index (Phi) is 5.19. The Labute approximate surface area is 103 Å². The number of piperidine rings is 1. The number of hydrogen-bond donors (Lipinski definition) is 1. The largest absolute Gasteiger partial charge is 0.393 e. The second-order valence-electron chi connectivity index (χ2n) is 4.68. The number of likely N-dealkylation sites (tertiary alicyclic amines) is 1. The molecule has 1 atom stereocenters. The molecular weight excluding hydrogens is 220 g/mol. The minimum atomic E-state index is -0.308. The first-order valence-corrected chi connectivity index (χ1v) is 6.55. The number of rotatable bonds is 4. The summed E-state index contributed by atoms with van der Waals surface area (Å²) in [5.41, 5.74) is 5.50. The van der Waals surface area contributed by atoms with Crippen LogP contribution in [0.3, 0.4) is 0 Å². The first-order valence-electron chi connectivity index (χ1n) is 6.14. The predicted molar refractivity (Wildman–Crippen MR) is 70.2 cm³/mol. The first-order chi connectivity index (χ1) is 7.56. The average molecular weight is 242 g/mol. The van der Waals surface area contributed by atoms with Crippen LogP contribution in [0.15, 0.2) is 0 Å². The molecule has 0 saturated carbocycles. The molecule has 1 rings (SSSR count). The summed E-state index contributed by atoms with van der Waals surface area (Å²) in [5.74, 6) is 0.592. The van der Waals surface area contributed by atoms with E-state index in [1.807, 2.05) is 4.90 Å². The molecule has 16 heavy (non-hydrogen) atoms. The lowest BCUT2D eigenvalue weighted by Crippen LogP contribution is -2.44. The molecular formula is C12H22N2OS. The van der Waals surface area contributed by atoms with Crippen molar-refractivity contribution in [3.63, 3.8) is 0 Å². The highest BCUT2D eigenvalue weighted by atomic mass is 32.1. The lowest BCUT2D eigenvalue weighted by molar-refractivity contribution is -0.134. The van der Waals surface area contributed by atoms with Crippen molar-refractivity contribution in [2.45, 2.75) is 39.5 Å². The SMILES string of the molecule is CCCC1CCN(C(=O)C(C)C(N)=S)CC1. The van der Waals surface area contributed by atoms with E-state index in [2.05, 4.69) is 6.92 Å². The highest BCUT2D eigenvalue weighted by molar-refractivity contribution is 7.80. The minimum Gasteiger partial charge on any atom is -0.393 e. The fourth-order valence-electron chi connectivity index (χ4n) is 2.25. The van der Waals surface area contributed by atoms with E-state index >= 15 is 0 Å². The number of nitrogens with zero attached hydrogens (tertiary/aromatic N) is 1. The Hall–Kier alpha value is -0.640. The van der Waals surface area contributed by atoms with Crippen molar-refractivity contribution in [3.8, 4) is 0 Å². The third-order valence-corrected chi connectivity index (χ3v) is 3.77. The van der Waals surface area contributed by atoms with E-state index < -0.39 is 0 Å². The fraction of sp³-hybridized carbons (Fsp3) is 0.833. The molecule has 92 valence electrons. The monoisotopic (exact) mass is 242 g/mol. The van der Waals surface area contributed by atoms with Gasteiger partial charge in [-0.25, -0.2) is 0 Å². The zero-order valence-electron chi connectivity index (χ0n) is 10.2. The average Bonchev–Trinajstić information content (AvgIpc) is 2.28. The highest BCUT2D eigenvalue weighted by Gasteiger charge is 2.26. The van der Waals surface area contributed by atoms with Crippen LogP contribution in [0, 0.1) is 11.8 Å². The van der Waals surface area contributed by atoms with Gasteiger partial charge in [0.15, 0.2) is 0 Å². The van der Waals surface area contributed by atoms with E-state index in [0.717, 1.165) is 31.8 Å². The Morgan fingerprint density at radius 3 is 2.50 bits per heavy atom. The smallest absolute Gasteiger partial charge is 0.232 e. The van der Waals surface area contributed by atoms with E-state index in [4.69, 9.17) is 18.0 Å². The molecule has 1 aliphatic heterocycles. The van der Waals surface area contributed by atoms with Crippen molar-refractivity contribution in [2.75, 3.05) is 13.1 Å². The lowest BCUT2D eigenvalue weighted by Gasteiger charge is -2.33. The molecule has 0 bridgehead atoms. The lowest BCUT2D eigenvalue weighted by atomic mass is 9.92. The zero-order valence-corrected chi connectivity index (χ0v) is 11.1. The van der Waals surface area contributed by atoms with E-state index in [1.165, 1.54) is 12.8 Å². The third-order valence-electron chi connectivity index (χ3n) is 3.42. The van der Waals surface area contributed by atoms with Gasteiger partial charge in [0.05, 0.1) is 10.9 Å². The maximum absolute atomic E-state index is 12.0. The van der Waals surface area contributed by atoms with Crippen LogP contribution in [0.5, 0.6) is 0 Å². The summed E-state index contributed by atoms with van der Waals surface area (Å²) in [6, 6.07) is 0. The van der Waals surface area contributed by atoms with Crippen molar-refractivity contribution >= 4 is 23.1 Å². The van der Waals surface area contributed by atoms with Gasteiger partial charge < -0.3 is 10.6 Å². The van der Waals surface area contributed by atoms with Crippen LogP contribution in [0.4, 0.5) is 0 Å². The number of carbonyl (C=O) groups excluding carboxylic acids is 1. The number of amides is 1. The van der Waals surface area contributed by atoms with Gasteiger partial charge in [-0.1, -0.05) is 32.0 Å². The number of thiocarbonyl (C=S) groups is 1. The Balaban J connectivity index is 2.41. The molecule has 0 radical (unpaired) electrons. The van der Waals surface area contributed by atoms with Gasteiger partial charge in [0.1, 0.15) is 0 Å². The number of hydrogen-bond acceptors (Lipinski definition) is 2. The Bertz CT molecular complexity index is 260. The normalized spacial score (nSPS) is 19.5. The summed E-state index contributed by atoms with van der Waals surface area (Å²) in [6.07, 6.45) is 4.78. The van der Waals surface area contributed by atoms with Gasteiger partial charge in [0.2, 0.25) is 5.91 Å². The van der Waals surface area contributed by atoms with Crippen LogP contribution in [-0.4, -0.2) is 28.9 Å². The molecule has 1 heterocycles. The zero-order chi connectivity index (χ0) is 12.1. The maximum atomic E-state index is 12.0. The molecule has 2 N–H and O–H groups in total. The van der Waals surface area contributed by atoms with E-state index in [0.29, 0.717) is 4.99 Å². The molecule has 0 aliphatic carbocycles. The molecule has 1 aliphatic rings. The summed E-state index contributed by atoms with van der Waals surface area (Å²) in [6.45, 7) is 5.75. The van der Waals surface area contributed by atoms with E-state index in [1.54, 1.807) is 6.92 Å². The molecule has 4 heteroatoms. The summed E-state index contributed by atoms with van der Waals surface area (Å²) in [4.78, 5) is 14.2. The second kappa shape index (κ2) is 6.18. The topological polar surface area (TPSA) is 46.3 Å². The summed E-state index contributed by atoms with van der Waals surface area (Å²) >= 11 is 4.86. The molecule has 0 aromatic rings. The number of nitrogens with two attached hydrogens (primary N) is 1. The van der Waals surface area contributed by atoms with Crippen LogP contribution < -0.4 is 5.73 Å². The predicted octanol–water partition coefficient (Wildman–Crippen LogP) is 1.95. The summed E-state index contributed by atoms with van der Waals surface area (Å²) in [5, 5.41) is 0. The Morgan fingerprint density at radius 1 is 1.50 bits per heavy atom. The van der Waals surface area contributed by atoms with Gasteiger partial charge in [0, 0.05) is 13.1 Å². The fourth-order valence-corrected chi connectivity index (χ4v) is 2.35. The van der Waals surface area contributed by atoms with Gasteiger partial charge in [-0.15, -0.1) is 0 Å². The van der Waals surface area contributed by atoms with Crippen LogP contribution >= 0.6 is 12.2 Å². The minimum absolute atomic E-state index is 0.0995. The van der Waals surface area contributed by atoms with Gasteiger partial charge in [0.25, 0.3) is 0 Å². The van der Waals surface area contributed by atoms with Crippen LogP contribution in [0.25, 0.3) is 0 Å². The van der Waals surface area contributed by atoms with Gasteiger partial charge in [-0.3, -0.25) is 4.79 Å². The molecule has 1 fully saturated rings. The van der Waals surface area contributed by atoms with Crippen LogP contribution in [0.2, 0.25) is 0 Å². The third kappa shape index (κ3) is 3.44. The van der Waals surface area contributed by atoms with Crippen LogP contribution in [0.1, 0.15) is 39.5 Å². The molecule has 0 aromatic heterocycles. The van der Waals surface area contributed by atoms with Crippen molar-refractivity contribution in [1.82, 2.24) is 4.90 Å². The molecule has 1 saturated heterocycles. The molecule has 1 unspecified atom stereocenters. The quantitative estimate of drug-likeness (QED) is 0.766. The van der Waals surface area contributed by atoms with Crippen molar-refractivity contribution in [3.05, 3.63) is 0 Å². The first kappa shape index (κ1) is 13.4. The molecule has 0 aromatic carbocycles. The standard InChI is InChI=1S/C12H22N2OS/c1-3-4-10-5-7-14(8-6-10)12(15)9(2)11(13)16/h9-10H,3-8H2,1-2H3,(H2,13,16). The van der Waals surface area contributed by atoms with Gasteiger partial charge in [-0.2, -0.15) is 0 Å². The maximum Gasteiger partial charge on any atom is 0.232 e. The second-order valence-corrected chi connectivity index (χ2v) is 5.15. The number of carbonyl (C=O) groups is 1. The highest BCUT2D eigenvalue weighted by Crippen LogP contribution is 2.22. The van der Waals surface area contributed by atoms with Crippen molar-refractivity contribution in [2.24, 2.45) is 17.6 Å². The van der Waals surface area contributed by atoms with E-state index in [9.17, 15) is 4.79 Å². The van der Waals surface area contributed by atoms with Crippen molar-refractivity contribution in [1.29, 1.82) is 0 Å². The molecule has 0 spiro atoms. The van der Waals surface area contributed by atoms with E-state index in [-0.39, 0.29) is 11.8 Å². The summed E-state index contributed by atoms with van der Waals surface area (Å²) in [7, 11) is 0. The van der Waals surface area contributed by atoms with Gasteiger partial charge >= 0.3 is 0 Å².